The van der Waals surface area contributed by atoms with Crippen molar-refractivity contribution in [1.82, 2.24) is 4.90 Å². The lowest BCUT2D eigenvalue weighted by atomic mass is 9.95. The van der Waals surface area contributed by atoms with E-state index in [1.807, 2.05) is 71.6 Å². The zero-order valence-electron chi connectivity index (χ0n) is 16.6. The van der Waals surface area contributed by atoms with Crippen molar-refractivity contribution in [3.63, 3.8) is 0 Å². The maximum absolute atomic E-state index is 12.9. The van der Waals surface area contributed by atoms with Gasteiger partial charge in [-0.1, -0.05) is 42.5 Å². The van der Waals surface area contributed by atoms with Crippen LogP contribution < -0.4 is 5.32 Å². The third-order valence-corrected chi connectivity index (χ3v) is 6.22. The predicted octanol–water partition coefficient (Wildman–Crippen LogP) is 5.45. The van der Waals surface area contributed by atoms with Crippen molar-refractivity contribution in [2.75, 3.05) is 18.4 Å². The number of hydrogen-bond donors (Lipinski definition) is 1. The fourth-order valence-electron chi connectivity index (χ4n) is 3.74. The number of halogens is 1. The number of amides is 2. The Morgan fingerprint density at radius 1 is 0.800 bits per heavy atom. The molecule has 0 spiro atoms. The number of carbonyl (C=O) groups is 2. The molecule has 1 N–H and O–H groups in total. The van der Waals surface area contributed by atoms with E-state index < -0.39 is 0 Å². The van der Waals surface area contributed by atoms with Gasteiger partial charge in [-0.25, -0.2) is 0 Å². The average Bonchev–Trinajstić information content (AvgIpc) is 2.81. The van der Waals surface area contributed by atoms with Gasteiger partial charge in [-0.3, -0.25) is 9.59 Å². The second-order valence-corrected chi connectivity index (χ2v) is 8.75. The van der Waals surface area contributed by atoms with Gasteiger partial charge >= 0.3 is 0 Å². The van der Waals surface area contributed by atoms with E-state index in [1.54, 1.807) is 0 Å². The highest BCUT2D eigenvalue weighted by molar-refractivity contribution is 14.1. The fraction of sp³-hybridized carbons (Fsp3) is 0.200. The summed E-state index contributed by atoms with van der Waals surface area (Å²) in [7, 11) is 0. The zero-order chi connectivity index (χ0) is 20.9. The maximum atomic E-state index is 12.9. The quantitative estimate of drug-likeness (QED) is 0.475. The van der Waals surface area contributed by atoms with Gasteiger partial charge in [0.1, 0.15) is 0 Å². The first-order valence-electron chi connectivity index (χ1n) is 10.1. The maximum Gasteiger partial charge on any atom is 0.253 e. The number of piperidine rings is 1. The van der Waals surface area contributed by atoms with Crippen LogP contribution in [0.15, 0.2) is 78.9 Å². The molecular weight excluding hydrogens is 487 g/mol. The van der Waals surface area contributed by atoms with Gasteiger partial charge in [-0.15, -0.1) is 0 Å². The van der Waals surface area contributed by atoms with E-state index in [2.05, 4.69) is 40.0 Å². The molecule has 1 fully saturated rings. The summed E-state index contributed by atoms with van der Waals surface area (Å²) in [6.45, 7) is 1.20. The molecule has 1 aliphatic heterocycles. The first-order chi connectivity index (χ1) is 14.6. The Kier molecular flexibility index (Phi) is 6.47. The molecule has 152 valence electrons. The minimum atomic E-state index is -0.0613. The number of anilines is 1. The number of nitrogens with one attached hydrogen (secondary N) is 1. The third kappa shape index (κ3) is 4.90. The van der Waals surface area contributed by atoms with Crippen molar-refractivity contribution in [3.05, 3.63) is 88.0 Å². The molecule has 0 aliphatic carbocycles. The van der Waals surface area contributed by atoms with Crippen LogP contribution in [-0.4, -0.2) is 29.8 Å². The molecule has 0 radical (unpaired) electrons. The highest BCUT2D eigenvalue weighted by Crippen LogP contribution is 2.23. The summed E-state index contributed by atoms with van der Waals surface area (Å²) in [6.07, 6.45) is 1.37. The van der Waals surface area contributed by atoms with Gasteiger partial charge in [0.25, 0.3) is 5.91 Å². The van der Waals surface area contributed by atoms with Gasteiger partial charge < -0.3 is 10.2 Å². The average molecular weight is 510 g/mol. The predicted molar refractivity (Wildman–Crippen MR) is 128 cm³/mol. The second kappa shape index (κ2) is 9.43. The van der Waals surface area contributed by atoms with Crippen LogP contribution in [0.3, 0.4) is 0 Å². The van der Waals surface area contributed by atoms with Crippen molar-refractivity contribution in [3.8, 4) is 11.1 Å². The number of hydrogen-bond acceptors (Lipinski definition) is 2. The normalized spacial score (nSPS) is 14.4. The molecule has 30 heavy (non-hydrogen) atoms. The van der Waals surface area contributed by atoms with Gasteiger partial charge in [0.2, 0.25) is 5.91 Å². The van der Waals surface area contributed by atoms with Gasteiger partial charge in [-0.2, -0.15) is 0 Å². The molecule has 1 saturated heterocycles. The lowest BCUT2D eigenvalue weighted by molar-refractivity contribution is -0.121. The Labute approximate surface area is 190 Å². The van der Waals surface area contributed by atoms with Crippen molar-refractivity contribution in [2.24, 2.45) is 5.92 Å². The summed E-state index contributed by atoms with van der Waals surface area (Å²) in [5.41, 5.74) is 3.74. The minimum Gasteiger partial charge on any atom is -0.339 e. The highest BCUT2D eigenvalue weighted by Gasteiger charge is 2.27. The van der Waals surface area contributed by atoms with Crippen LogP contribution in [0.4, 0.5) is 5.69 Å². The van der Waals surface area contributed by atoms with E-state index in [0.717, 1.165) is 20.4 Å². The molecule has 5 heteroatoms. The summed E-state index contributed by atoms with van der Waals surface area (Å²) >= 11 is 2.24. The van der Waals surface area contributed by atoms with Crippen LogP contribution in [0.25, 0.3) is 11.1 Å². The Bertz CT molecular complexity index is 1010. The second-order valence-electron chi connectivity index (χ2n) is 7.51. The van der Waals surface area contributed by atoms with E-state index in [9.17, 15) is 9.59 Å². The molecule has 0 atom stereocenters. The number of carbonyl (C=O) groups excluding carboxylic acids is 2. The molecule has 3 aromatic rings. The zero-order valence-corrected chi connectivity index (χ0v) is 18.7. The molecule has 1 heterocycles. The smallest absolute Gasteiger partial charge is 0.253 e. The number of likely N-dealkylation sites (tertiary alicyclic amines) is 1. The van der Waals surface area contributed by atoms with Crippen molar-refractivity contribution < 1.29 is 9.59 Å². The summed E-state index contributed by atoms with van der Waals surface area (Å²) in [6, 6.07) is 25.7. The summed E-state index contributed by atoms with van der Waals surface area (Å²) in [5.74, 6) is 0.00964. The van der Waals surface area contributed by atoms with Crippen LogP contribution in [0.2, 0.25) is 0 Å². The van der Waals surface area contributed by atoms with E-state index in [1.165, 1.54) is 0 Å². The molecular formula is C25H23IN2O2. The van der Waals surface area contributed by atoms with Gasteiger partial charge in [0, 0.05) is 33.8 Å². The lowest BCUT2D eigenvalue weighted by Crippen LogP contribution is -2.41. The molecule has 1 aliphatic rings. The first kappa shape index (κ1) is 20.6. The number of benzene rings is 3. The van der Waals surface area contributed by atoms with Crippen molar-refractivity contribution in [1.29, 1.82) is 0 Å². The Balaban J connectivity index is 1.32. The van der Waals surface area contributed by atoms with Crippen LogP contribution in [-0.2, 0) is 4.79 Å². The molecule has 3 aromatic carbocycles. The van der Waals surface area contributed by atoms with Gasteiger partial charge in [-0.05, 0) is 83.0 Å². The number of rotatable bonds is 4. The van der Waals surface area contributed by atoms with E-state index in [0.29, 0.717) is 31.5 Å². The monoisotopic (exact) mass is 510 g/mol. The van der Waals surface area contributed by atoms with E-state index in [4.69, 9.17) is 0 Å². The standard InChI is InChI=1S/C25H23IN2O2/c26-22-10-12-23(13-11-22)27-24(29)20-14-16-28(17-15-20)25(30)21-8-6-19(7-9-21)18-4-2-1-3-5-18/h1-13,20H,14-17H2,(H,27,29). The first-order valence-corrected chi connectivity index (χ1v) is 11.2. The minimum absolute atomic E-state index is 0.0334. The Morgan fingerprint density at radius 3 is 2.03 bits per heavy atom. The third-order valence-electron chi connectivity index (χ3n) is 5.50. The highest BCUT2D eigenvalue weighted by atomic mass is 127. The van der Waals surface area contributed by atoms with E-state index in [-0.39, 0.29) is 17.7 Å². The molecule has 4 nitrogen and oxygen atoms in total. The largest absolute Gasteiger partial charge is 0.339 e. The molecule has 0 bridgehead atoms. The fourth-order valence-corrected chi connectivity index (χ4v) is 4.10. The van der Waals surface area contributed by atoms with Crippen LogP contribution in [0, 0.1) is 9.49 Å². The van der Waals surface area contributed by atoms with Crippen molar-refractivity contribution >= 4 is 40.1 Å². The Morgan fingerprint density at radius 2 is 1.40 bits per heavy atom. The Hall–Kier alpha value is -2.67. The summed E-state index contributed by atoms with van der Waals surface area (Å²) in [4.78, 5) is 27.3. The van der Waals surface area contributed by atoms with Crippen LogP contribution in [0.1, 0.15) is 23.2 Å². The van der Waals surface area contributed by atoms with Gasteiger partial charge in [0.15, 0.2) is 0 Å². The lowest BCUT2D eigenvalue weighted by Gasteiger charge is -2.31. The van der Waals surface area contributed by atoms with Crippen LogP contribution >= 0.6 is 22.6 Å². The topological polar surface area (TPSA) is 49.4 Å². The summed E-state index contributed by atoms with van der Waals surface area (Å²) < 4.78 is 1.13. The molecule has 0 unspecified atom stereocenters. The van der Waals surface area contributed by atoms with E-state index >= 15 is 0 Å². The summed E-state index contributed by atoms with van der Waals surface area (Å²) in [5, 5.41) is 2.99. The molecule has 2 amide bonds. The van der Waals surface area contributed by atoms with Gasteiger partial charge in [0.05, 0.1) is 0 Å². The molecule has 0 aromatic heterocycles. The molecule has 4 rings (SSSR count). The SMILES string of the molecule is O=C(Nc1ccc(I)cc1)C1CCN(C(=O)c2ccc(-c3ccccc3)cc2)CC1. The van der Waals surface area contributed by atoms with Crippen molar-refractivity contribution in [2.45, 2.75) is 12.8 Å². The number of nitrogens with zero attached hydrogens (tertiary/aromatic N) is 1. The van der Waals surface area contributed by atoms with Crippen LogP contribution in [0.5, 0.6) is 0 Å². The molecule has 0 saturated carbocycles.